The van der Waals surface area contributed by atoms with Crippen molar-refractivity contribution in [2.45, 2.75) is 109 Å². The number of halogens is 1. The Hall–Kier alpha value is -7.06. The number of pyridine rings is 2. The van der Waals surface area contributed by atoms with Crippen molar-refractivity contribution < 1.29 is 52.5 Å². The first-order chi connectivity index (χ1) is 32.1. The topological polar surface area (TPSA) is 270 Å². The van der Waals surface area contributed by atoms with Crippen LogP contribution in [0.4, 0.5) is 4.39 Å². The molecule has 4 heterocycles. The van der Waals surface area contributed by atoms with Crippen molar-refractivity contribution in [2.24, 2.45) is 5.73 Å². The third kappa shape index (κ3) is 9.96. The van der Waals surface area contributed by atoms with Crippen LogP contribution in [0.1, 0.15) is 91.9 Å². The van der Waals surface area contributed by atoms with Crippen LogP contribution in [0.5, 0.6) is 0 Å². The maximum Gasteiger partial charge on any atom is 0.343 e. The first-order valence-electron chi connectivity index (χ1n) is 22.3. The molecule has 19 nitrogen and oxygen atoms in total. The highest BCUT2D eigenvalue weighted by atomic mass is 19.1. The first kappa shape index (κ1) is 48.9. The number of hydrogen-bond donors (Lipinski definition) is 6. The number of fused-ring (bicyclic) bond motifs is 5. The number of aliphatic hydroxyl groups is 1. The van der Waals surface area contributed by atoms with Crippen LogP contribution in [0.25, 0.3) is 22.3 Å². The van der Waals surface area contributed by atoms with Gasteiger partial charge in [0.1, 0.15) is 24.1 Å². The van der Waals surface area contributed by atoms with Gasteiger partial charge in [0, 0.05) is 36.0 Å². The van der Waals surface area contributed by atoms with Crippen molar-refractivity contribution >= 4 is 52.4 Å². The van der Waals surface area contributed by atoms with Crippen molar-refractivity contribution in [3.05, 3.63) is 97.6 Å². The number of nitrogens with two attached hydrogens (primary N) is 1. The van der Waals surface area contributed by atoms with E-state index < -0.39 is 108 Å². The van der Waals surface area contributed by atoms with Gasteiger partial charge >= 0.3 is 11.9 Å². The molecule has 0 saturated carbocycles. The highest BCUT2D eigenvalue weighted by Crippen LogP contribution is 2.46. The second-order valence-electron chi connectivity index (χ2n) is 18.4. The summed E-state index contributed by atoms with van der Waals surface area (Å²) in [5.41, 5.74) is 6.83. The molecule has 0 saturated heterocycles. The maximum absolute atomic E-state index is 15.4. The summed E-state index contributed by atoms with van der Waals surface area (Å²) in [5, 5.41) is 22.7. The number of cyclic esters (lactones) is 1. The van der Waals surface area contributed by atoms with Crippen LogP contribution < -0.4 is 32.6 Å². The van der Waals surface area contributed by atoms with E-state index in [1.165, 1.54) is 17.7 Å². The second kappa shape index (κ2) is 19.3. The average molecular weight is 939 g/mol. The summed E-state index contributed by atoms with van der Waals surface area (Å²) in [5.74, 6) is -5.46. The second-order valence-corrected chi connectivity index (χ2v) is 18.4. The monoisotopic (exact) mass is 938 g/mol. The van der Waals surface area contributed by atoms with E-state index in [0.29, 0.717) is 62.9 Å². The number of aromatic nitrogens is 2. The molecule has 0 bridgehead atoms. The Balaban J connectivity index is 1.04. The van der Waals surface area contributed by atoms with E-state index in [-0.39, 0.29) is 37.1 Å². The third-order valence-electron chi connectivity index (χ3n) is 12.4. The molecule has 0 fully saturated rings. The van der Waals surface area contributed by atoms with E-state index in [4.69, 9.17) is 20.2 Å². The summed E-state index contributed by atoms with van der Waals surface area (Å²) in [6.45, 7) is 6.43. The minimum Gasteiger partial charge on any atom is -0.460 e. The summed E-state index contributed by atoms with van der Waals surface area (Å²) >= 11 is 0. The van der Waals surface area contributed by atoms with Gasteiger partial charge in [0.25, 0.3) is 5.56 Å². The Bertz CT molecular complexity index is 2810. The van der Waals surface area contributed by atoms with E-state index in [1.54, 1.807) is 71.0 Å². The molecule has 1 aliphatic carbocycles. The fourth-order valence-corrected chi connectivity index (χ4v) is 9.00. The van der Waals surface area contributed by atoms with Gasteiger partial charge in [0.15, 0.2) is 5.60 Å². The molecule has 5 amide bonds. The first-order valence-corrected chi connectivity index (χ1v) is 22.3. The highest BCUT2D eigenvalue weighted by Gasteiger charge is 2.46. The molecule has 0 radical (unpaired) electrons. The Morgan fingerprint density at radius 1 is 1.03 bits per heavy atom. The number of nitrogens with zero attached hydrogens (tertiary/aromatic N) is 3. The molecular weight excluding hydrogens is 884 g/mol. The Morgan fingerprint density at radius 2 is 1.74 bits per heavy atom. The summed E-state index contributed by atoms with van der Waals surface area (Å²) in [6.07, 6.45) is 0.283. The number of rotatable bonds is 15. The van der Waals surface area contributed by atoms with Crippen LogP contribution in [0.2, 0.25) is 0 Å². The van der Waals surface area contributed by atoms with Gasteiger partial charge in [-0.2, -0.15) is 0 Å². The lowest BCUT2D eigenvalue weighted by molar-refractivity contribution is -0.172. The number of aryl methyl sites for hydroxylation is 1. The molecule has 360 valence electrons. The molecule has 20 heteroatoms. The number of carbonyl (C=O) groups is 7. The van der Waals surface area contributed by atoms with E-state index in [1.807, 2.05) is 0 Å². The lowest BCUT2D eigenvalue weighted by Crippen LogP contribution is -2.53. The van der Waals surface area contributed by atoms with Gasteiger partial charge < -0.3 is 51.0 Å². The normalized spacial score (nSPS) is 17.7. The molecule has 4 atom stereocenters. The lowest BCUT2D eigenvalue weighted by Gasteiger charge is -2.31. The van der Waals surface area contributed by atoms with Gasteiger partial charge in [-0.25, -0.2) is 14.2 Å². The highest BCUT2D eigenvalue weighted by molar-refractivity contribution is 5.96. The van der Waals surface area contributed by atoms with Crippen molar-refractivity contribution in [1.29, 1.82) is 0 Å². The summed E-state index contributed by atoms with van der Waals surface area (Å²) in [7, 11) is 1.31. The molecule has 4 aromatic rings. The van der Waals surface area contributed by atoms with Crippen LogP contribution in [-0.4, -0.2) is 105 Å². The number of carbonyl (C=O) groups excluding carboxylic acids is 7. The van der Waals surface area contributed by atoms with Crippen molar-refractivity contribution in [2.75, 3.05) is 26.7 Å². The number of esters is 2. The molecule has 0 spiro atoms. The zero-order valence-corrected chi connectivity index (χ0v) is 38.7. The van der Waals surface area contributed by atoms with Gasteiger partial charge in [-0.15, -0.1) is 0 Å². The van der Waals surface area contributed by atoms with Gasteiger partial charge in [-0.05, 0) is 75.3 Å². The third-order valence-corrected chi connectivity index (χ3v) is 12.4. The molecule has 3 aliphatic rings. The van der Waals surface area contributed by atoms with Crippen LogP contribution in [-0.2, 0) is 74.6 Å². The van der Waals surface area contributed by atoms with Crippen molar-refractivity contribution in [3.8, 4) is 11.4 Å². The standard InChI is InChI=1S/C48H55FN8O11/c1-7-48(66)29-16-35-42-27(21-57(35)44(63)28(29)23-67-46(48)65)41-32(14-13-26-24(2)30(49)17-33(55-42)40(26)41)53-37(59)20-52-43(62)34(15-25-11-9-8-10-12-25)54-36(58)19-51-38(60)22-56(6)45(64)31(50)18-39(61)68-47(3,4)5/h8-12,16-17,31-32,34,66H,7,13-15,18-23,50H2,1-6H3,(H,51,60)(H,52,62)(H,53,59)(H,54,58)/t31-,32-,34-,48-/m0/s1. The number of amides is 5. The molecule has 2 aromatic heterocycles. The summed E-state index contributed by atoms with van der Waals surface area (Å²) < 4.78 is 27.3. The van der Waals surface area contributed by atoms with Crippen LogP contribution in [0.15, 0.2) is 47.3 Å². The van der Waals surface area contributed by atoms with Crippen molar-refractivity contribution in [1.82, 2.24) is 35.7 Å². The van der Waals surface area contributed by atoms with Gasteiger partial charge in [0.2, 0.25) is 29.5 Å². The predicted octanol–water partition coefficient (Wildman–Crippen LogP) is 1.11. The molecule has 68 heavy (non-hydrogen) atoms. The average Bonchev–Trinajstić information content (AvgIpc) is 3.66. The fourth-order valence-electron chi connectivity index (χ4n) is 9.00. The molecular formula is C48H55FN8O11. The minimum absolute atomic E-state index is 0.0243. The Morgan fingerprint density at radius 3 is 2.43 bits per heavy atom. The van der Waals surface area contributed by atoms with E-state index in [2.05, 4.69) is 21.3 Å². The molecule has 7 rings (SSSR count). The SMILES string of the molecule is CC[C@@]1(O)C(=O)OCc2c1cc1n(c2=O)Cc2c-1nc1cc(F)c(C)c3c1c2[C@@H](NC(=O)CNC(=O)[C@H](Cc1ccccc1)NC(=O)CNC(=O)CN(C)C(=O)[C@@H](N)CC(=O)OC(C)(C)C)CC3. The molecule has 0 unspecified atom stereocenters. The van der Waals surface area contributed by atoms with Gasteiger partial charge in [-0.3, -0.25) is 33.6 Å². The van der Waals surface area contributed by atoms with E-state index >= 15 is 4.39 Å². The largest absolute Gasteiger partial charge is 0.460 e. The van der Waals surface area contributed by atoms with Crippen molar-refractivity contribution in [3.63, 3.8) is 0 Å². The van der Waals surface area contributed by atoms with E-state index in [0.717, 1.165) is 4.90 Å². The lowest BCUT2D eigenvalue weighted by atomic mass is 9.81. The van der Waals surface area contributed by atoms with E-state index in [9.17, 15) is 43.5 Å². The number of ether oxygens (including phenoxy) is 2. The number of likely N-dealkylation sites (N-methyl/N-ethyl adjacent to an activating group) is 1. The fraction of sp³-hybridized carbons (Fsp3) is 0.438. The number of hydrogen-bond acceptors (Lipinski definition) is 13. The molecule has 2 aromatic carbocycles. The molecule has 7 N–H and O–H groups in total. The smallest absolute Gasteiger partial charge is 0.343 e. The van der Waals surface area contributed by atoms with Gasteiger partial charge in [0.05, 0.1) is 67.2 Å². The van der Waals surface area contributed by atoms with Gasteiger partial charge in [-0.1, -0.05) is 37.3 Å². The quantitative estimate of drug-likeness (QED) is 0.0805. The summed E-state index contributed by atoms with van der Waals surface area (Å²) in [4.78, 5) is 111. The Labute approximate surface area is 390 Å². The number of nitrogens with one attached hydrogen (secondary N) is 4. The molecule has 2 aliphatic heterocycles. The minimum atomic E-state index is -2.06. The Kier molecular flexibility index (Phi) is 13.8. The number of benzene rings is 2. The zero-order chi connectivity index (χ0) is 49.4. The zero-order valence-electron chi connectivity index (χ0n) is 38.7. The van der Waals surface area contributed by atoms with Crippen LogP contribution in [0, 0.1) is 12.7 Å². The predicted molar refractivity (Wildman–Crippen MR) is 243 cm³/mol. The van der Waals surface area contributed by atoms with Crippen LogP contribution >= 0.6 is 0 Å². The summed E-state index contributed by atoms with van der Waals surface area (Å²) in [6, 6.07) is 8.53. The van der Waals surface area contributed by atoms with Crippen LogP contribution in [0.3, 0.4) is 0 Å². The maximum atomic E-state index is 15.4.